The first-order valence-electron chi connectivity index (χ1n) is 5.33. The number of hydrogen-bond acceptors (Lipinski definition) is 4. The third-order valence-electron chi connectivity index (χ3n) is 1.95. The van der Waals surface area contributed by atoms with Crippen molar-refractivity contribution in [1.29, 1.82) is 0 Å². The molecule has 2 N–H and O–H groups in total. The first-order chi connectivity index (χ1) is 7.79. The van der Waals surface area contributed by atoms with Gasteiger partial charge in [-0.2, -0.15) is 0 Å². The molecule has 96 valence electrons. The summed E-state index contributed by atoms with van der Waals surface area (Å²) in [6.45, 7) is 6.10. The molecule has 1 saturated heterocycles. The molecule has 0 unspecified atom stereocenters. The standard InChI is InChI=1S/C10H17N3O3S/c1-10(2,3)12-8(15)11-4-5-13-7(14)6-17-9(13)16/h4-6H2,1-3H3,(H2,11,12,15). The minimum absolute atomic E-state index is 0.196. The average molecular weight is 259 g/mol. The van der Waals surface area contributed by atoms with Crippen molar-refractivity contribution in [1.82, 2.24) is 15.5 Å². The summed E-state index contributed by atoms with van der Waals surface area (Å²) in [7, 11) is 0. The van der Waals surface area contributed by atoms with E-state index in [0.29, 0.717) is 0 Å². The molecule has 0 aliphatic carbocycles. The second kappa shape index (κ2) is 5.39. The highest BCUT2D eigenvalue weighted by molar-refractivity contribution is 8.14. The normalized spacial score (nSPS) is 16.3. The van der Waals surface area contributed by atoms with E-state index in [0.717, 1.165) is 16.7 Å². The van der Waals surface area contributed by atoms with E-state index in [2.05, 4.69) is 10.6 Å². The molecule has 1 rings (SSSR count). The Morgan fingerprint density at radius 3 is 2.53 bits per heavy atom. The minimum Gasteiger partial charge on any atom is -0.336 e. The quantitative estimate of drug-likeness (QED) is 0.785. The van der Waals surface area contributed by atoms with Crippen molar-refractivity contribution in [3.8, 4) is 0 Å². The Kier molecular flexibility index (Phi) is 4.39. The summed E-state index contributed by atoms with van der Waals surface area (Å²) in [6.07, 6.45) is 0. The number of rotatable bonds is 3. The molecule has 0 aromatic rings. The Morgan fingerprint density at radius 1 is 1.41 bits per heavy atom. The van der Waals surface area contributed by atoms with Gasteiger partial charge in [-0.1, -0.05) is 11.8 Å². The molecule has 1 aliphatic rings. The largest absolute Gasteiger partial charge is 0.336 e. The van der Waals surface area contributed by atoms with Crippen LogP contribution >= 0.6 is 11.8 Å². The second-order valence-electron chi connectivity index (χ2n) is 4.73. The highest BCUT2D eigenvalue weighted by Gasteiger charge is 2.29. The fraction of sp³-hybridized carbons (Fsp3) is 0.700. The lowest BCUT2D eigenvalue weighted by Crippen LogP contribution is -2.48. The van der Waals surface area contributed by atoms with Gasteiger partial charge in [0.15, 0.2) is 0 Å². The molecule has 7 heteroatoms. The molecule has 1 aliphatic heterocycles. The molecule has 6 nitrogen and oxygen atoms in total. The van der Waals surface area contributed by atoms with Crippen LogP contribution in [0.4, 0.5) is 9.59 Å². The van der Waals surface area contributed by atoms with Crippen LogP contribution in [0.25, 0.3) is 0 Å². The topological polar surface area (TPSA) is 78.5 Å². The molecular formula is C10H17N3O3S. The third kappa shape index (κ3) is 4.64. The van der Waals surface area contributed by atoms with Gasteiger partial charge in [0.05, 0.1) is 5.75 Å². The Bertz CT molecular complexity index is 322. The van der Waals surface area contributed by atoms with Crippen LogP contribution < -0.4 is 10.6 Å². The van der Waals surface area contributed by atoms with E-state index in [4.69, 9.17) is 0 Å². The monoisotopic (exact) mass is 259 g/mol. The summed E-state index contributed by atoms with van der Waals surface area (Å²) in [5, 5.41) is 5.08. The Balaban J connectivity index is 2.26. The predicted molar refractivity (Wildman–Crippen MR) is 65.9 cm³/mol. The maximum absolute atomic E-state index is 11.4. The maximum Gasteiger partial charge on any atom is 0.315 e. The van der Waals surface area contributed by atoms with E-state index >= 15 is 0 Å². The van der Waals surface area contributed by atoms with Gasteiger partial charge in [-0.3, -0.25) is 14.5 Å². The number of hydrogen-bond donors (Lipinski definition) is 2. The Labute approximate surface area is 104 Å². The van der Waals surface area contributed by atoms with Crippen LogP contribution in [0, 0.1) is 0 Å². The second-order valence-corrected chi connectivity index (χ2v) is 5.66. The number of thioether (sulfide) groups is 1. The highest BCUT2D eigenvalue weighted by Crippen LogP contribution is 2.17. The zero-order chi connectivity index (χ0) is 13.1. The van der Waals surface area contributed by atoms with Crippen molar-refractivity contribution >= 4 is 28.9 Å². The van der Waals surface area contributed by atoms with Crippen LogP contribution in [-0.4, -0.2) is 46.5 Å². The third-order valence-corrected chi connectivity index (χ3v) is 2.81. The summed E-state index contributed by atoms with van der Waals surface area (Å²) in [4.78, 5) is 35.0. The molecule has 0 radical (unpaired) electrons. The van der Waals surface area contributed by atoms with E-state index < -0.39 is 0 Å². The van der Waals surface area contributed by atoms with E-state index in [1.54, 1.807) is 0 Å². The summed E-state index contributed by atoms with van der Waals surface area (Å²) in [5.41, 5.74) is -0.306. The van der Waals surface area contributed by atoms with Gasteiger partial charge in [-0.25, -0.2) is 4.79 Å². The fourth-order valence-electron chi connectivity index (χ4n) is 1.26. The number of nitrogens with zero attached hydrogens (tertiary/aromatic N) is 1. The maximum atomic E-state index is 11.4. The molecule has 1 fully saturated rings. The van der Waals surface area contributed by atoms with Crippen molar-refractivity contribution in [3.05, 3.63) is 0 Å². The first kappa shape index (κ1) is 13.8. The number of imide groups is 1. The highest BCUT2D eigenvalue weighted by atomic mass is 32.2. The van der Waals surface area contributed by atoms with Crippen LogP contribution in [0.15, 0.2) is 0 Å². The molecule has 0 atom stereocenters. The lowest BCUT2D eigenvalue weighted by atomic mass is 10.1. The summed E-state index contributed by atoms with van der Waals surface area (Å²) in [6, 6.07) is -0.302. The van der Waals surface area contributed by atoms with Gasteiger partial charge < -0.3 is 10.6 Å². The number of carbonyl (C=O) groups is 3. The van der Waals surface area contributed by atoms with E-state index in [1.807, 2.05) is 20.8 Å². The van der Waals surface area contributed by atoms with Crippen molar-refractivity contribution in [2.45, 2.75) is 26.3 Å². The first-order valence-corrected chi connectivity index (χ1v) is 6.31. The van der Waals surface area contributed by atoms with Crippen molar-refractivity contribution in [2.24, 2.45) is 0 Å². The molecule has 0 spiro atoms. The lowest BCUT2D eigenvalue weighted by molar-refractivity contribution is -0.124. The predicted octanol–water partition coefficient (Wildman–Crippen LogP) is 0.780. The summed E-state index contributed by atoms with van der Waals surface area (Å²) < 4.78 is 0. The average Bonchev–Trinajstić information content (AvgIpc) is 2.46. The molecule has 0 aromatic heterocycles. The molecule has 0 bridgehead atoms. The lowest BCUT2D eigenvalue weighted by Gasteiger charge is -2.21. The van der Waals surface area contributed by atoms with Crippen LogP contribution in [0.5, 0.6) is 0 Å². The molecule has 0 aromatic carbocycles. The van der Waals surface area contributed by atoms with Crippen LogP contribution in [-0.2, 0) is 4.79 Å². The Hall–Kier alpha value is -1.24. The van der Waals surface area contributed by atoms with Crippen molar-refractivity contribution in [3.63, 3.8) is 0 Å². The van der Waals surface area contributed by atoms with Gasteiger partial charge in [-0.05, 0) is 20.8 Å². The summed E-state index contributed by atoms with van der Waals surface area (Å²) in [5.74, 6) is 0.00514. The zero-order valence-corrected chi connectivity index (χ0v) is 11.0. The smallest absolute Gasteiger partial charge is 0.315 e. The van der Waals surface area contributed by atoms with Gasteiger partial charge in [0.2, 0.25) is 5.91 Å². The molecule has 4 amide bonds. The van der Waals surface area contributed by atoms with Gasteiger partial charge in [0.1, 0.15) is 0 Å². The van der Waals surface area contributed by atoms with Gasteiger partial charge >= 0.3 is 6.03 Å². The number of amides is 4. The molecule has 1 heterocycles. The molecular weight excluding hydrogens is 242 g/mol. The van der Waals surface area contributed by atoms with Crippen molar-refractivity contribution < 1.29 is 14.4 Å². The number of urea groups is 1. The van der Waals surface area contributed by atoms with Crippen LogP contribution in [0.3, 0.4) is 0 Å². The van der Waals surface area contributed by atoms with E-state index in [1.165, 1.54) is 0 Å². The number of nitrogens with one attached hydrogen (secondary N) is 2. The van der Waals surface area contributed by atoms with E-state index in [-0.39, 0.29) is 41.6 Å². The van der Waals surface area contributed by atoms with E-state index in [9.17, 15) is 14.4 Å². The number of carbonyl (C=O) groups excluding carboxylic acids is 3. The summed E-state index contributed by atoms with van der Waals surface area (Å²) >= 11 is 0.991. The van der Waals surface area contributed by atoms with Gasteiger partial charge in [0.25, 0.3) is 5.24 Å². The SMILES string of the molecule is CC(C)(C)NC(=O)NCCN1C(=O)CSC1=O. The fourth-order valence-corrected chi connectivity index (χ4v) is 2.01. The molecule has 0 saturated carbocycles. The van der Waals surface area contributed by atoms with Crippen LogP contribution in [0.2, 0.25) is 0 Å². The zero-order valence-electron chi connectivity index (χ0n) is 10.2. The van der Waals surface area contributed by atoms with Gasteiger partial charge in [-0.15, -0.1) is 0 Å². The molecule has 17 heavy (non-hydrogen) atoms. The van der Waals surface area contributed by atoms with Crippen molar-refractivity contribution in [2.75, 3.05) is 18.8 Å². The van der Waals surface area contributed by atoms with Gasteiger partial charge in [0, 0.05) is 18.6 Å². The minimum atomic E-state index is -0.306. The van der Waals surface area contributed by atoms with Crippen LogP contribution in [0.1, 0.15) is 20.8 Å². The Morgan fingerprint density at radius 2 is 2.06 bits per heavy atom.